The van der Waals surface area contributed by atoms with Crippen LogP contribution < -0.4 is 10.1 Å². The van der Waals surface area contributed by atoms with Gasteiger partial charge in [-0.05, 0) is 19.9 Å². The molecule has 1 aliphatic rings. The topological polar surface area (TPSA) is 41.6 Å². The number of rotatable bonds is 3. The molecule has 0 radical (unpaired) electrons. The van der Waals surface area contributed by atoms with E-state index in [1.165, 1.54) is 13.2 Å². The average Bonchev–Trinajstić information content (AvgIpc) is 2.37. The summed E-state index contributed by atoms with van der Waals surface area (Å²) in [5.41, 5.74) is -0.0758. The Kier molecular flexibility index (Phi) is 3.75. The van der Waals surface area contributed by atoms with Crippen molar-refractivity contribution in [3.63, 3.8) is 0 Å². The Bertz CT molecular complexity index is 488. The SMILES string of the molecule is COc1ccc(CN2CCNC(C)(C)C2=O)c(F)c1. The standard InChI is InChI=1S/C14H19FN2O2/c1-14(2)13(18)17(7-6-16-14)9-10-4-5-11(19-3)8-12(10)15/h4-5,8,16H,6-7,9H2,1-3H3. The highest BCUT2D eigenvalue weighted by molar-refractivity contribution is 5.86. The lowest BCUT2D eigenvalue weighted by atomic mass is 10.00. The van der Waals surface area contributed by atoms with Gasteiger partial charge < -0.3 is 15.0 Å². The van der Waals surface area contributed by atoms with Gasteiger partial charge in [-0.3, -0.25) is 4.79 Å². The first-order valence-electron chi connectivity index (χ1n) is 6.31. The number of piperazine rings is 1. The zero-order valence-electron chi connectivity index (χ0n) is 11.5. The van der Waals surface area contributed by atoms with E-state index in [1.54, 1.807) is 17.0 Å². The van der Waals surface area contributed by atoms with Gasteiger partial charge in [0.25, 0.3) is 0 Å². The Hall–Kier alpha value is -1.62. The Balaban J connectivity index is 2.15. The second-order valence-electron chi connectivity index (χ2n) is 5.24. The van der Waals surface area contributed by atoms with Gasteiger partial charge in [0.15, 0.2) is 0 Å². The summed E-state index contributed by atoms with van der Waals surface area (Å²) in [6, 6.07) is 4.71. The summed E-state index contributed by atoms with van der Waals surface area (Å²) in [4.78, 5) is 13.9. The zero-order valence-corrected chi connectivity index (χ0v) is 11.5. The van der Waals surface area contributed by atoms with Gasteiger partial charge in [-0.1, -0.05) is 6.07 Å². The first-order chi connectivity index (χ1) is 8.94. The van der Waals surface area contributed by atoms with Crippen molar-refractivity contribution in [3.05, 3.63) is 29.6 Å². The minimum absolute atomic E-state index is 0.00559. The number of benzene rings is 1. The Labute approximate surface area is 112 Å². The predicted molar refractivity (Wildman–Crippen MR) is 70.5 cm³/mol. The van der Waals surface area contributed by atoms with Gasteiger partial charge in [0, 0.05) is 31.3 Å². The smallest absolute Gasteiger partial charge is 0.242 e. The van der Waals surface area contributed by atoms with Crippen LogP contribution in [0.5, 0.6) is 5.75 Å². The van der Waals surface area contributed by atoms with Gasteiger partial charge >= 0.3 is 0 Å². The number of carbonyl (C=O) groups is 1. The number of ether oxygens (including phenoxy) is 1. The molecule has 1 N–H and O–H groups in total. The molecule has 0 unspecified atom stereocenters. The molecule has 19 heavy (non-hydrogen) atoms. The molecule has 0 aromatic heterocycles. The number of hydrogen-bond acceptors (Lipinski definition) is 3. The third-order valence-electron chi connectivity index (χ3n) is 3.39. The molecule has 1 aromatic rings. The average molecular weight is 266 g/mol. The minimum Gasteiger partial charge on any atom is -0.497 e. The summed E-state index contributed by atoms with van der Waals surface area (Å²) in [5, 5.41) is 3.15. The molecule has 0 atom stereocenters. The van der Waals surface area contributed by atoms with Crippen molar-refractivity contribution in [2.75, 3.05) is 20.2 Å². The summed E-state index contributed by atoms with van der Waals surface area (Å²) < 4.78 is 18.8. The van der Waals surface area contributed by atoms with E-state index >= 15 is 0 Å². The molecule has 0 bridgehead atoms. The predicted octanol–water partition coefficient (Wildman–Crippen LogP) is 1.54. The van der Waals surface area contributed by atoms with Crippen LogP contribution in [0.2, 0.25) is 0 Å². The van der Waals surface area contributed by atoms with E-state index < -0.39 is 5.54 Å². The summed E-state index contributed by atoms with van der Waals surface area (Å²) in [7, 11) is 1.50. The highest BCUT2D eigenvalue weighted by Crippen LogP contribution is 2.20. The number of methoxy groups -OCH3 is 1. The maximum Gasteiger partial charge on any atom is 0.242 e. The summed E-state index contributed by atoms with van der Waals surface area (Å²) >= 11 is 0. The molecule has 1 saturated heterocycles. The highest BCUT2D eigenvalue weighted by atomic mass is 19.1. The molecule has 1 aliphatic heterocycles. The van der Waals surface area contributed by atoms with Crippen molar-refractivity contribution >= 4 is 5.91 Å². The molecule has 0 spiro atoms. The first-order valence-corrected chi connectivity index (χ1v) is 6.31. The van der Waals surface area contributed by atoms with Crippen LogP contribution in [0.4, 0.5) is 4.39 Å². The van der Waals surface area contributed by atoms with Gasteiger partial charge in [0.1, 0.15) is 11.6 Å². The van der Waals surface area contributed by atoms with Crippen LogP contribution in [0.3, 0.4) is 0 Å². The van der Waals surface area contributed by atoms with Crippen molar-refractivity contribution in [1.82, 2.24) is 10.2 Å². The number of nitrogens with zero attached hydrogens (tertiary/aromatic N) is 1. The molecule has 1 amide bonds. The molecule has 0 saturated carbocycles. The zero-order chi connectivity index (χ0) is 14.0. The lowest BCUT2D eigenvalue weighted by Crippen LogP contribution is -2.60. The third-order valence-corrected chi connectivity index (χ3v) is 3.39. The van der Waals surface area contributed by atoms with Crippen molar-refractivity contribution in [2.45, 2.75) is 25.9 Å². The fraction of sp³-hybridized carbons (Fsp3) is 0.500. The normalized spacial score (nSPS) is 18.5. The van der Waals surface area contributed by atoms with E-state index in [2.05, 4.69) is 5.32 Å². The van der Waals surface area contributed by atoms with E-state index in [4.69, 9.17) is 4.74 Å². The van der Waals surface area contributed by atoms with Crippen molar-refractivity contribution in [2.24, 2.45) is 0 Å². The van der Waals surface area contributed by atoms with Crippen LogP contribution in [0.1, 0.15) is 19.4 Å². The minimum atomic E-state index is -0.582. The molecule has 2 rings (SSSR count). The number of amides is 1. The van der Waals surface area contributed by atoms with Crippen molar-refractivity contribution in [1.29, 1.82) is 0 Å². The van der Waals surface area contributed by atoms with Gasteiger partial charge in [0.2, 0.25) is 5.91 Å². The van der Waals surface area contributed by atoms with E-state index in [9.17, 15) is 9.18 Å². The van der Waals surface area contributed by atoms with Crippen LogP contribution in [0.25, 0.3) is 0 Å². The van der Waals surface area contributed by atoms with E-state index in [0.717, 1.165) is 6.54 Å². The second kappa shape index (κ2) is 5.17. The Morgan fingerprint density at radius 2 is 2.21 bits per heavy atom. The highest BCUT2D eigenvalue weighted by Gasteiger charge is 2.35. The lowest BCUT2D eigenvalue weighted by molar-refractivity contribution is -0.140. The van der Waals surface area contributed by atoms with Crippen molar-refractivity contribution < 1.29 is 13.9 Å². The molecule has 1 aromatic carbocycles. The van der Waals surface area contributed by atoms with Gasteiger partial charge in [-0.25, -0.2) is 4.39 Å². The maximum absolute atomic E-state index is 13.9. The van der Waals surface area contributed by atoms with E-state index in [-0.39, 0.29) is 11.7 Å². The molecule has 1 fully saturated rings. The van der Waals surface area contributed by atoms with Gasteiger partial charge in [-0.15, -0.1) is 0 Å². The van der Waals surface area contributed by atoms with Crippen LogP contribution in [-0.4, -0.2) is 36.5 Å². The lowest BCUT2D eigenvalue weighted by Gasteiger charge is -2.38. The number of halogens is 1. The number of nitrogens with one attached hydrogen (secondary N) is 1. The van der Waals surface area contributed by atoms with Crippen LogP contribution in [0, 0.1) is 5.82 Å². The molecule has 5 heteroatoms. The fourth-order valence-corrected chi connectivity index (χ4v) is 2.22. The molecular weight excluding hydrogens is 247 g/mol. The molecule has 1 heterocycles. The van der Waals surface area contributed by atoms with Crippen LogP contribution in [0.15, 0.2) is 18.2 Å². The molecule has 4 nitrogen and oxygen atoms in total. The number of carbonyl (C=O) groups excluding carboxylic acids is 1. The largest absolute Gasteiger partial charge is 0.497 e. The van der Waals surface area contributed by atoms with Crippen LogP contribution in [-0.2, 0) is 11.3 Å². The monoisotopic (exact) mass is 266 g/mol. The third kappa shape index (κ3) is 2.87. The summed E-state index contributed by atoms with van der Waals surface area (Å²) in [6.07, 6.45) is 0. The van der Waals surface area contributed by atoms with Gasteiger partial charge in [-0.2, -0.15) is 0 Å². The molecule has 104 valence electrons. The molecular formula is C14H19FN2O2. The van der Waals surface area contributed by atoms with Crippen LogP contribution >= 0.6 is 0 Å². The van der Waals surface area contributed by atoms with E-state index in [0.29, 0.717) is 24.4 Å². The maximum atomic E-state index is 13.9. The second-order valence-corrected chi connectivity index (χ2v) is 5.24. The van der Waals surface area contributed by atoms with Gasteiger partial charge in [0.05, 0.1) is 12.6 Å². The number of hydrogen-bond donors (Lipinski definition) is 1. The van der Waals surface area contributed by atoms with E-state index in [1.807, 2.05) is 13.8 Å². The molecule has 0 aliphatic carbocycles. The summed E-state index contributed by atoms with van der Waals surface area (Å²) in [5.74, 6) is 0.130. The first kappa shape index (κ1) is 13.8. The van der Waals surface area contributed by atoms with Crippen molar-refractivity contribution in [3.8, 4) is 5.75 Å². The quantitative estimate of drug-likeness (QED) is 0.902. The Morgan fingerprint density at radius 1 is 1.47 bits per heavy atom. The fourth-order valence-electron chi connectivity index (χ4n) is 2.22. The summed E-state index contributed by atoms with van der Waals surface area (Å²) in [6.45, 7) is 5.28. The Morgan fingerprint density at radius 3 is 2.84 bits per heavy atom.